The lowest BCUT2D eigenvalue weighted by Gasteiger charge is -2.26. The van der Waals surface area contributed by atoms with E-state index in [-0.39, 0.29) is 5.24 Å². The smallest absolute Gasteiger partial charge is 0.281 e. The van der Waals surface area contributed by atoms with Crippen LogP contribution < -0.4 is 4.74 Å². The van der Waals surface area contributed by atoms with E-state index in [1.807, 2.05) is 29.2 Å². The monoisotopic (exact) mass is 237 g/mol. The van der Waals surface area contributed by atoms with Crippen molar-refractivity contribution in [3.05, 3.63) is 29.8 Å². The summed E-state index contributed by atoms with van der Waals surface area (Å²) >= 11 is 1.41. The largest absolute Gasteiger partial charge is 0.497 e. The highest BCUT2D eigenvalue weighted by Gasteiger charge is 2.18. The normalized spacial score (nSPS) is 16.3. The fraction of sp³-hybridized carbons (Fsp3) is 0.417. The van der Waals surface area contributed by atoms with Gasteiger partial charge in [0.15, 0.2) is 0 Å². The van der Waals surface area contributed by atoms with Gasteiger partial charge in [0.1, 0.15) is 5.75 Å². The molecule has 2 rings (SSSR count). The minimum absolute atomic E-state index is 0.189. The zero-order valence-corrected chi connectivity index (χ0v) is 10.1. The molecule has 0 aliphatic carbocycles. The van der Waals surface area contributed by atoms with E-state index in [2.05, 4.69) is 0 Å². The van der Waals surface area contributed by atoms with Crippen LogP contribution in [0, 0.1) is 0 Å². The van der Waals surface area contributed by atoms with Gasteiger partial charge < -0.3 is 9.64 Å². The van der Waals surface area contributed by atoms with Crippen LogP contribution in [0.1, 0.15) is 12.0 Å². The average molecular weight is 237 g/mol. The third-order valence-electron chi connectivity index (χ3n) is 2.56. The van der Waals surface area contributed by atoms with E-state index in [1.165, 1.54) is 11.8 Å². The van der Waals surface area contributed by atoms with Crippen molar-refractivity contribution in [2.45, 2.75) is 13.0 Å². The Morgan fingerprint density at radius 3 is 3.12 bits per heavy atom. The number of ether oxygens (including phenoxy) is 1. The number of thioether (sulfide) groups is 1. The van der Waals surface area contributed by atoms with Gasteiger partial charge in [-0.2, -0.15) is 0 Å². The Morgan fingerprint density at radius 2 is 2.38 bits per heavy atom. The summed E-state index contributed by atoms with van der Waals surface area (Å²) in [5.41, 5.74) is 1.12. The third-order valence-corrected chi connectivity index (χ3v) is 3.56. The van der Waals surface area contributed by atoms with Gasteiger partial charge >= 0.3 is 0 Å². The van der Waals surface area contributed by atoms with Crippen LogP contribution in [0.4, 0.5) is 4.79 Å². The van der Waals surface area contributed by atoms with Gasteiger partial charge in [-0.25, -0.2) is 0 Å². The first-order chi connectivity index (χ1) is 7.79. The second kappa shape index (κ2) is 5.25. The van der Waals surface area contributed by atoms with Crippen molar-refractivity contribution in [1.82, 2.24) is 4.90 Å². The van der Waals surface area contributed by atoms with Crippen LogP contribution in [-0.4, -0.2) is 29.5 Å². The standard InChI is InChI=1S/C12H15NO2S/c1-15-11-5-2-4-10(8-11)9-13-6-3-7-16-12(13)14/h2,4-5,8H,3,6-7,9H2,1H3. The molecule has 3 nitrogen and oxygen atoms in total. The Balaban J connectivity index is 2.04. The fourth-order valence-electron chi connectivity index (χ4n) is 1.73. The van der Waals surface area contributed by atoms with Crippen molar-refractivity contribution in [3.63, 3.8) is 0 Å². The molecule has 1 aromatic carbocycles. The molecule has 1 amide bonds. The highest BCUT2D eigenvalue weighted by Crippen LogP contribution is 2.21. The van der Waals surface area contributed by atoms with Gasteiger partial charge in [0.05, 0.1) is 7.11 Å². The maximum atomic E-state index is 11.6. The van der Waals surface area contributed by atoms with Crippen molar-refractivity contribution in [3.8, 4) is 5.75 Å². The lowest BCUT2D eigenvalue weighted by Crippen LogP contribution is -2.32. The molecule has 1 aromatic rings. The van der Waals surface area contributed by atoms with Crippen molar-refractivity contribution in [2.24, 2.45) is 0 Å². The van der Waals surface area contributed by atoms with Gasteiger partial charge in [-0.1, -0.05) is 23.9 Å². The molecule has 0 N–H and O–H groups in total. The van der Waals surface area contributed by atoms with E-state index in [1.54, 1.807) is 7.11 Å². The number of nitrogens with zero attached hydrogens (tertiary/aromatic N) is 1. The number of carbonyl (C=O) groups is 1. The number of hydrogen-bond donors (Lipinski definition) is 0. The van der Waals surface area contributed by atoms with Gasteiger partial charge in [-0.05, 0) is 24.1 Å². The van der Waals surface area contributed by atoms with E-state index < -0.39 is 0 Å². The number of amides is 1. The quantitative estimate of drug-likeness (QED) is 0.809. The van der Waals surface area contributed by atoms with E-state index in [0.29, 0.717) is 6.54 Å². The predicted molar refractivity (Wildman–Crippen MR) is 65.9 cm³/mol. The first-order valence-corrected chi connectivity index (χ1v) is 6.33. The Morgan fingerprint density at radius 1 is 1.50 bits per heavy atom. The van der Waals surface area contributed by atoms with Crippen LogP contribution in [0.15, 0.2) is 24.3 Å². The number of rotatable bonds is 3. The predicted octanol–water partition coefficient (Wildman–Crippen LogP) is 2.75. The van der Waals surface area contributed by atoms with Crippen molar-refractivity contribution >= 4 is 17.0 Å². The number of carbonyl (C=O) groups excluding carboxylic acids is 1. The molecule has 0 spiro atoms. The lowest BCUT2D eigenvalue weighted by molar-refractivity contribution is 0.218. The summed E-state index contributed by atoms with van der Waals surface area (Å²) in [5.74, 6) is 1.79. The van der Waals surface area contributed by atoms with Crippen molar-refractivity contribution in [2.75, 3.05) is 19.4 Å². The van der Waals surface area contributed by atoms with Crippen molar-refractivity contribution < 1.29 is 9.53 Å². The first kappa shape index (κ1) is 11.3. The average Bonchev–Trinajstić information content (AvgIpc) is 2.32. The van der Waals surface area contributed by atoms with Gasteiger partial charge in [0, 0.05) is 18.8 Å². The number of methoxy groups -OCH3 is 1. The van der Waals surface area contributed by atoms with Gasteiger partial charge in [0.2, 0.25) is 0 Å². The summed E-state index contributed by atoms with van der Waals surface area (Å²) in [5, 5.41) is 0.189. The molecule has 4 heteroatoms. The van der Waals surface area contributed by atoms with Crippen LogP contribution in [0.5, 0.6) is 5.75 Å². The summed E-state index contributed by atoms with van der Waals surface area (Å²) in [6, 6.07) is 7.87. The zero-order valence-electron chi connectivity index (χ0n) is 9.31. The SMILES string of the molecule is COc1cccc(CN2CCCSC2=O)c1. The summed E-state index contributed by atoms with van der Waals surface area (Å²) in [7, 11) is 1.65. The molecule has 1 heterocycles. The second-order valence-corrected chi connectivity index (χ2v) is 4.79. The molecule has 1 fully saturated rings. The number of hydrogen-bond acceptors (Lipinski definition) is 3. The fourth-order valence-corrected chi connectivity index (χ4v) is 2.52. The molecular weight excluding hydrogens is 222 g/mol. The highest BCUT2D eigenvalue weighted by molar-refractivity contribution is 8.13. The van der Waals surface area contributed by atoms with Crippen LogP contribution >= 0.6 is 11.8 Å². The molecule has 86 valence electrons. The molecule has 0 unspecified atom stereocenters. The van der Waals surface area contributed by atoms with Gasteiger partial charge in [-0.3, -0.25) is 4.79 Å². The van der Waals surface area contributed by atoms with Gasteiger partial charge in [-0.15, -0.1) is 0 Å². The van der Waals surface area contributed by atoms with Gasteiger partial charge in [0.25, 0.3) is 5.24 Å². The van der Waals surface area contributed by atoms with E-state index >= 15 is 0 Å². The maximum absolute atomic E-state index is 11.6. The summed E-state index contributed by atoms with van der Waals surface area (Å²) < 4.78 is 5.16. The van der Waals surface area contributed by atoms with Crippen LogP contribution in [-0.2, 0) is 6.54 Å². The topological polar surface area (TPSA) is 29.5 Å². The van der Waals surface area contributed by atoms with Crippen molar-refractivity contribution in [1.29, 1.82) is 0 Å². The molecule has 0 saturated carbocycles. The summed E-state index contributed by atoms with van der Waals surface area (Å²) in [4.78, 5) is 13.5. The first-order valence-electron chi connectivity index (χ1n) is 5.34. The third kappa shape index (κ3) is 2.70. The second-order valence-electron chi connectivity index (χ2n) is 3.74. The molecule has 0 bridgehead atoms. The molecule has 1 aliphatic heterocycles. The molecule has 0 atom stereocenters. The van der Waals surface area contributed by atoms with Crippen LogP contribution in [0.2, 0.25) is 0 Å². The number of benzene rings is 1. The molecular formula is C12H15NO2S. The Bertz CT molecular complexity index is 381. The van der Waals surface area contributed by atoms with E-state index in [4.69, 9.17) is 4.74 Å². The maximum Gasteiger partial charge on any atom is 0.281 e. The van der Waals surface area contributed by atoms with Crippen LogP contribution in [0.25, 0.3) is 0 Å². The molecule has 1 saturated heterocycles. The van der Waals surface area contributed by atoms with E-state index in [0.717, 1.165) is 30.0 Å². The van der Waals surface area contributed by atoms with Crippen LogP contribution in [0.3, 0.4) is 0 Å². The zero-order chi connectivity index (χ0) is 11.4. The van der Waals surface area contributed by atoms with E-state index in [9.17, 15) is 4.79 Å². The molecule has 1 aliphatic rings. The molecule has 0 radical (unpaired) electrons. The summed E-state index contributed by atoms with van der Waals surface area (Å²) in [6.45, 7) is 1.55. The molecule has 16 heavy (non-hydrogen) atoms. The minimum Gasteiger partial charge on any atom is -0.497 e. The molecule has 0 aromatic heterocycles. The Labute approximate surface area is 99.8 Å². The Hall–Kier alpha value is -1.16. The highest BCUT2D eigenvalue weighted by atomic mass is 32.2. The summed E-state index contributed by atoms with van der Waals surface area (Å²) in [6.07, 6.45) is 1.08. The Kier molecular flexibility index (Phi) is 3.72. The minimum atomic E-state index is 0.189. The lowest BCUT2D eigenvalue weighted by atomic mass is 10.2.